The quantitative estimate of drug-likeness (QED) is 0.669. The van der Waals surface area contributed by atoms with Gasteiger partial charge in [-0.1, -0.05) is 48.5 Å². The Morgan fingerprint density at radius 3 is 2.28 bits per heavy atom. The minimum atomic E-state index is -0.606. The van der Waals surface area contributed by atoms with Crippen LogP contribution in [0.15, 0.2) is 78.9 Å². The van der Waals surface area contributed by atoms with Gasteiger partial charge < -0.3 is 9.80 Å². The van der Waals surface area contributed by atoms with Gasteiger partial charge in [0.2, 0.25) is 5.91 Å². The molecule has 4 nitrogen and oxygen atoms in total. The first-order chi connectivity index (χ1) is 14.1. The van der Waals surface area contributed by atoms with Crippen molar-refractivity contribution >= 4 is 17.5 Å². The Balaban J connectivity index is 1.60. The Morgan fingerprint density at radius 2 is 1.55 bits per heavy atom. The van der Waals surface area contributed by atoms with Crippen LogP contribution < -0.4 is 4.90 Å². The van der Waals surface area contributed by atoms with Gasteiger partial charge >= 0.3 is 0 Å². The lowest BCUT2D eigenvalue weighted by Crippen LogP contribution is -2.57. The number of halogens is 1. The van der Waals surface area contributed by atoms with Crippen LogP contribution in [0.4, 0.5) is 10.1 Å². The lowest BCUT2D eigenvalue weighted by atomic mass is 10.0. The van der Waals surface area contributed by atoms with Crippen LogP contribution in [0.2, 0.25) is 0 Å². The summed E-state index contributed by atoms with van der Waals surface area (Å²) in [6, 6.07) is 22.5. The second-order valence-electron chi connectivity index (χ2n) is 7.05. The van der Waals surface area contributed by atoms with Gasteiger partial charge in [0, 0.05) is 24.2 Å². The molecule has 0 aromatic heterocycles. The molecular formula is C24H21FN2O2. The van der Waals surface area contributed by atoms with Gasteiger partial charge in [0.05, 0.1) is 5.69 Å². The summed E-state index contributed by atoms with van der Waals surface area (Å²) in [6.07, 6.45) is 0. The molecule has 1 unspecified atom stereocenters. The van der Waals surface area contributed by atoms with Gasteiger partial charge in [-0.15, -0.1) is 0 Å². The third kappa shape index (κ3) is 3.63. The fraction of sp³-hybridized carbons (Fsp3) is 0.167. The topological polar surface area (TPSA) is 40.6 Å². The minimum absolute atomic E-state index is 0.130. The highest BCUT2D eigenvalue weighted by molar-refractivity contribution is 6.05. The van der Waals surface area contributed by atoms with Crippen molar-refractivity contribution in [3.8, 4) is 11.1 Å². The molecule has 146 valence electrons. The van der Waals surface area contributed by atoms with Crippen LogP contribution in [0.5, 0.6) is 0 Å². The molecule has 1 saturated heterocycles. The van der Waals surface area contributed by atoms with Crippen LogP contribution in [0.1, 0.15) is 17.3 Å². The Hall–Kier alpha value is -3.47. The first kappa shape index (κ1) is 18.9. The van der Waals surface area contributed by atoms with Crippen LogP contribution in [0.25, 0.3) is 11.1 Å². The van der Waals surface area contributed by atoms with E-state index in [4.69, 9.17) is 0 Å². The molecule has 1 atom stereocenters. The van der Waals surface area contributed by atoms with Gasteiger partial charge in [-0.25, -0.2) is 4.39 Å². The molecule has 0 radical (unpaired) electrons. The summed E-state index contributed by atoms with van der Waals surface area (Å²) >= 11 is 0. The van der Waals surface area contributed by atoms with E-state index in [0.717, 1.165) is 16.8 Å². The Bertz CT molecular complexity index is 1030. The molecule has 4 rings (SSSR count). The Morgan fingerprint density at radius 1 is 0.897 bits per heavy atom. The Kier molecular flexibility index (Phi) is 5.12. The van der Waals surface area contributed by atoms with Gasteiger partial charge in [0.1, 0.15) is 11.9 Å². The fourth-order valence-electron chi connectivity index (χ4n) is 3.72. The van der Waals surface area contributed by atoms with Crippen LogP contribution in [0.3, 0.4) is 0 Å². The van der Waals surface area contributed by atoms with Crippen LogP contribution in [0, 0.1) is 5.82 Å². The van der Waals surface area contributed by atoms with E-state index < -0.39 is 11.9 Å². The zero-order valence-electron chi connectivity index (χ0n) is 16.1. The smallest absolute Gasteiger partial charge is 0.254 e. The van der Waals surface area contributed by atoms with Crippen molar-refractivity contribution < 1.29 is 14.0 Å². The molecule has 0 aliphatic carbocycles. The predicted octanol–water partition coefficient (Wildman–Crippen LogP) is 4.37. The molecule has 0 N–H and O–H groups in total. The third-order valence-electron chi connectivity index (χ3n) is 5.29. The number of para-hydroxylation sites is 1. The first-order valence-electron chi connectivity index (χ1n) is 9.58. The monoisotopic (exact) mass is 388 g/mol. The lowest BCUT2D eigenvalue weighted by molar-refractivity contribution is -0.124. The standard InChI is InChI=1S/C24H21FN2O2/c1-17-23(28)27(16-15-26(17)24(29)19-11-13-20(25)14-12-19)22-10-6-5-9-21(22)18-7-3-2-4-8-18/h2-14,17H,15-16H2,1H3. The molecule has 0 saturated carbocycles. The molecule has 29 heavy (non-hydrogen) atoms. The van der Waals surface area contributed by atoms with Crippen LogP contribution in [-0.2, 0) is 4.79 Å². The normalized spacial score (nSPS) is 16.8. The maximum Gasteiger partial charge on any atom is 0.254 e. The van der Waals surface area contributed by atoms with Gasteiger partial charge in [-0.2, -0.15) is 0 Å². The summed E-state index contributed by atoms with van der Waals surface area (Å²) in [7, 11) is 0. The molecule has 1 fully saturated rings. The number of amides is 2. The number of hydrogen-bond donors (Lipinski definition) is 0. The zero-order valence-corrected chi connectivity index (χ0v) is 16.1. The molecule has 5 heteroatoms. The van der Waals surface area contributed by atoms with E-state index in [9.17, 15) is 14.0 Å². The molecule has 1 aliphatic heterocycles. The summed E-state index contributed by atoms with van der Waals surface area (Å²) in [4.78, 5) is 29.3. The van der Waals surface area contributed by atoms with E-state index in [1.165, 1.54) is 24.3 Å². The molecule has 1 heterocycles. The number of benzene rings is 3. The lowest BCUT2D eigenvalue weighted by Gasteiger charge is -2.39. The van der Waals surface area contributed by atoms with E-state index in [1.807, 2.05) is 54.6 Å². The van der Waals surface area contributed by atoms with Crippen molar-refractivity contribution in [1.29, 1.82) is 0 Å². The van der Waals surface area contributed by atoms with Gasteiger partial charge in [0.25, 0.3) is 5.91 Å². The summed E-state index contributed by atoms with van der Waals surface area (Å²) in [5.74, 6) is -0.787. The predicted molar refractivity (Wildman–Crippen MR) is 111 cm³/mol. The van der Waals surface area contributed by atoms with Gasteiger partial charge in [-0.05, 0) is 42.8 Å². The van der Waals surface area contributed by atoms with E-state index in [2.05, 4.69) is 0 Å². The first-order valence-corrected chi connectivity index (χ1v) is 9.58. The number of carbonyl (C=O) groups excluding carboxylic acids is 2. The van der Waals surface area contributed by atoms with Crippen molar-refractivity contribution in [2.75, 3.05) is 18.0 Å². The number of piperazine rings is 1. The largest absolute Gasteiger partial charge is 0.325 e. The van der Waals surface area contributed by atoms with Crippen molar-refractivity contribution in [2.45, 2.75) is 13.0 Å². The highest BCUT2D eigenvalue weighted by atomic mass is 19.1. The van der Waals surface area contributed by atoms with Crippen molar-refractivity contribution in [3.63, 3.8) is 0 Å². The summed E-state index contributed by atoms with van der Waals surface area (Å²) in [5.41, 5.74) is 3.23. The summed E-state index contributed by atoms with van der Waals surface area (Å²) in [5, 5.41) is 0. The second-order valence-corrected chi connectivity index (χ2v) is 7.05. The molecular weight excluding hydrogens is 367 g/mol. The van der Waals surface area contributed by atoms with Crippen LogP contribution >= 0.6 is 0 Å². The average Bonchev–Trinajstić information content (AvgIpc) is 2.76. The van der Waals surface area contributed by atoms with Crippen LogP contribution in [-0.4, -0.2) is 35.8 Å². The van der Waals surface area contributed by atoms with Crippen molar-refractivity contribution in [2.24, 2.45) is 0 Å². The number of rotatable bonds is 3. The minimum Gasteiger partial charge on any atom is -0.325 e. The highest BCUT2D eigenvalue weighted by Gasteiger charge is 2.36. The van der Waals surface area contributed by atoms with Gasteiger partial charge in [0.15, 0.2) is 0 Å². The summed E-state index contributed by atoms with van der Waals surface area (Å²) < 4.78 is 13.2. The SMILES string of the molecule is CC1C(=O)N(c2ccccc2-c2ccccc2)CCN1C(=O)c1ccc(F)cc1. The Labute approximate surface area is 169 Å². The molecule has 3 aromatic carbocycles. The van der Waals surface area contributed by atoms with Crippen molar-refractivity contribution in [1.82, 2.24) is 4.90 Å². The zero-order chi connectivity index (χ0) is 20.4. The number of hydrogen-bond acceptors (Lipinski definition) is 2. The molecule has 0 spiro atoms. The molecule has 1 aliphatic rings. The highest BCUT2D eigenvalue weighted by Crippen LogP contribution is 2.32. The third-order valence-corrected chi connectivity index (χ3v) is 5.29. The maximum atomic E-state index is 13.2. The van der Waals surface area contributed by atoms with Gasteiger partial charge in [-0.3, -0.25) is 9.59 Å². The summed E-state index contributed by atoms with van der Waals surface area (Å²) in [6.45, 7) is 2.55. The maximum absolute atomic E-state index is 13.2. The number of nitrogens with zero attached hydrogens (tertiary/aromatic N) is 2. The van der Waals surface area contributed by atoms with Crippen molar-refractivity contribution in [3.05, 3.63) is 90.2 Å². The molecule has 0 bridgehead atoms. The number of carbonyl (C=O) groups is 2. The fourth-order valence-corrected chi connectivity index (χ4v) is 3.72. The average molecular weight is 388 g/mol. The van der Waals surface area contributed by atoms with E-state index in [-0.39, 0.29) is 11.8 Å². The molecule has 2 amide bonds. The molecule has 3 aromatic rings. The number of anilines is 1. The van der Waals surface area contributed by atoms with E-state index in [0.29, 0.717) is 18.7 Å². The van der Waals surface area contributed by atoms with E-state index in [1.54, 1.807) is 16.7 Å². The van der Waals surface area contributed by atoms with E-state index >= 15 is 0 Å². The second kappa shape index (κ2) is 7.87.